The predicted molar refractivity (Wildman–Crippen MR) is 161 cm³/mol. The number of nitrogens with one attached hydrogen (secondary N) is 1. The Morgan fingerprint density at radius 3 is 2.27 bits per heavy atom. The third-order valence-electron chi connectivity index (χ3n) is 6.69. The summed E-state index contributed by atoms with van der Waals surface area (Å²) < 4.78 is 28.8. The molecule has 0 saturated carbocycles. The first-order valence-corrected chi connectivity index (χ1v) is 15.3. The van der Waals surface area contributed by atoms with Crippen LogP contribution >= 0.6 is 23.2 Å². The molecule has 0 bridgehead atoms. The summed E-state index contributed by atoms with van der Waals surface area (Å²) in [5, 5.41) is 3.03. The molecule has 0 aliphatic rings. The number of amides is 2. The lowest BCUT2D eigenvalue weighted by Crippen LogP contribution is -2.51. The molecule has 3 aromatic rings. The lowest BCUT2D eigenvalue weighted by Gasteiger charge is -2.32. The van der Waals surface area contributed by atoms with Gasteiger partial charge in [0.05, 0.1) is 20.6 Å². The molecular weight excluding hydrogens is 569 g/mol. The van der Waals surface area contributed by atoms with E-state index in [1.807, 2.05) is 45.0 Å². The Morgan fingerprint density at radius 2 is 1.62 bits per heavy atom. The van der Waals surface area contributed by atoms with Crippen molar-refractivity contribution in [1.82, 2.24) is 10.2 Å². The third-order valence-corrected chi connectivity index (χ3v) is 9.27. The van der Waals surface area contributed by atoms with Gasteiger partial charge in [0.2, 0.25) is 11.8 Å². The number of hydrogen-bond acceptors (Lipinski definition) is 4. The Bertz CT molecular complexity index is 1450. The zero-order chi connectivity index (χ0) is 29.4. The number of carbonyl (C=O) groups is 2. The van der Waals surface area contributed by atoms with E-state index in [1.54, 1.807) is 31.2 Å². The quantitative estimate of drug-likeness (QED) is 0.252. The summed E-state index contributed by atoms with van der Waals surface area (Å²) in [5.74, 6) is -0.878. The summed E-state index contributed by atoms with van der Waals surface area (Å²) in [6, 6.07) is 17.6. The SMILES string of the molecule is CCCCNC(=O)[C@H](C)N(Cc1ccccc1C)C(=O)CN(c1cccc(Cl)c1Cl)S(=O)(=O)c1ccc(C)cc1. The molecule has 1 atom stereocenters. The summed E-state index contributed by atoms with van der Waals surface area (Å²) in [4.78, 5) is 28.5. The molecule has 214 valence electrons. The van der Waals surface area contributed by atoms with E-state index in [9.17, 15) is 18.0 Å². The van der Waals surface area contributed by atoms with Gasteiger partial charge < -0.3 is 10.2 Å². The van der Waals surface area contributed by atoms with E-state index >= 15 is 0 Å². The number of nitrogens with zero attached hydrogens (tertiary/aromatic N) is 2. The largest absolute Gasteiger partial charge is 0.354 e. The van der Waals surface area contributed by atoms with E-state index in [0.717, 1.165) is 33.8 Å². The zero-order valence-electron chi connectivity index (χ0n) is 23.2. The van der Waals surface area contributed by atoms with Crippen LogP contribution in [0.25, 0.3) is 0 Å². The van der Waals surface area contributed by atoms with E-state index in [4.69, 9.17) is 23.2 Å². The lowest BCUT2D eigenvalue weighted by molar-refractivity contribution is -0.139. The minimum Gasteiger partial charge on any atom is -0.354 e. The molecule has 3 aromatic carbocycles. The van der Waals surface area contributed by atoms with Crippen LogP contribution in [-0.4, -0.2) is 44.3 Å². The van der Waals surface area contributed by atoms with Gasteiger partial charge in [-0.2, -0.15) is 0 Å². The van der Waals surface area contributed by atoms with E-state index < -0.39 is 28.5 Å². The van der Waals surface area contributed by atoms with Gasteiger partial charge in [0.1, 0.15) is 12.6 Å². The number of aryl methyl sites for hydroxylation is 2. The zero-order valence-corrected chi connectivity index (χ0v) is 25.5. The lowest BCUT2D eigenvalue weighted by atomic mass is 10.1. The van der Waals surface area contributed by atoms with E-state index in [0.29, 0.717) is 6.54 Å². The van der Waals surface area contributed by atoms with Crippen LogP contribution < -0.4 is 9.62 Å². The second-order valence-corrected chi connectivity index (χ2v) is 12.3. The second-order valence-electron chi connectivity index (χ2n) is 9.67. The smallest absolute Gasteiger partial charge is 0.264 e. The fourth-order valence-corrected chi connectivity index (χ4v) is 6.00. The van der Waals surface area contributed by atoms with Crippen LogP contribution in [-0.2, 0) is 26.2 Å². The summed E-state index contributed by atoms with van der Waals surface area (Å²) in [5.41, 5.74) is 2.74. The van der Waals surface area contributed by atoms with E-state index in [2.05, 4.69) is 5.32 Å². The van der Waals surface area contributed by atoms with Gasteiger partial charge in [0.25, 0.3) is 10.0 Å². The van der Waals surface area contributed by atoms with Crippen molar-refractivity contribution in [3.63, 3.8) is 0 Å². The molecule has 0 spiro atoms. The molecule has 0 aromatic heterocycles. The first kappa shape index (κ1) is 31.5. The maximum atomic E-state index is 14.0. The normalized spacial score (nSPS) is 12.1. The van der Waals surface area contributed by atoms with Crippen molar-refractivity contribution in [2.45, 2.75) is 58.0 Å². The number of carbonyl (C=O) groups excluding carboxylic acids is 2. The molecule has 0 fully saturated rings. The summed E-state index contributed by atoms with van der Waals surface area (Å²) >= 11 is 12.7. The van der Waals surface area contributed by atoms with Gasteiger partial charge in [-0.05, 0) is 62.6 Å². The van der Waals surface area contributed by atoms with E-state index in [-0.39, 0.29) is 33.1 Å². The van der Waals surface area contributed by atoms with Crippen LogP contribution in [0.3, 0.4) is 0 Å². The Morgan fingerprint density at radius 1 is 0.950 bits per heavy atom. The van der Waals surface area contributed by atoms with Gasteiger partial charge in [-0.25, -0.2) is 8.42 Å². The number of anilines is 1. The second kappa shape index (κ2) is 14.0. The number of sulfonamides is 1. The highest BCUT2D eigenvalue weighted by atomic mass is 35.5. The van der Waals surface area contributed by atoms with Crippen molar-refractivity contribution in [1.29, 1.82) is 0 Å². The fourth-order valence-electron chi connectivity index (χ4n) is 4.13. The van der Waals surface area contributed by atoms with E-state index in [1.165, 1.54) is 23.1 Å². The molecule has 0 saturated heterocycles. The van der Waals surface area contributed by atoms with Crippen LogP contribution in [0.4, 0.5) is 5.69 Å². The number of rotatable bonds is 12. The number of hydrogen-bond donors (Lipinski definition) is 1. The molecule has 0 aliphatic carbocycles. The average Bonchev–Trinajstić information content (AvgIpc) is 2.92. The molecule has 0 unspecified atom stereocenters. The molecule has 0 radical (unpaired) electrons. The van der Waals surface area contributed by atoms with Crippen LogP contribution in [0.1, 0.15) is 43.4 Å². The molecule has 3 rings (SSSR count). The molecule has 0 heterocycles. The van der Waals surface area contributed by atoms with Crippen molar-refractivity contribution >= 4 is 50.7 Å². The third kappa shape index (κ3) is 7.56. The number of unbranched alkanes of at least 4 members (excludes halogenated alkanes) is 1. The van der Waals surface area contributed by atoms with Crippen LogP contribution in [0, 0.1) is 13.8 Å². The topological polar surface area (TPSA) is 86.8 Å². The molecule has 2 amide bonds. The molecule has 10 heteroatoms. The highest BCUT2D eigenvalue weighted by Crippen LogP contribution is 2.35. The van der Waals surface area contributed by atoms with Crippen LogP contribution in [0.15, 0.2) is 71.6 Å². The molecular formula is C30H35Cl2N3O4S. The van der Waals surface area contributed by atoms with Gasteiger partial charge in [0.15, 0.2) is 0 Å². The maximum Gasteiger partial charge on any atom is 0.264 e. The average molecular weight is 605 g/mol. The molecule has 0 aliphatic heterocycles. The standard InChI is InChI=1S/C30H35Cl2N3O4S/c1-5-6-18-33-30(37)23(4)34(19-24-11-8-7-10-22(24)3)28(36)20-35(27-13-9-12-26(31)29(27)32)40(38,39)25-16-14-21(2)15-17-25/h7-17,23H,5-6,18-20H2,1-4H3,(H,33,37)/t23-/m0/s1. The first-order chi connectivity index (χ1) is 19.0. The minimum atomic E-state index is -4.24. The van der Waals surface area contributed by atoms with Gasteiger partial charge in [-0.3, -0.25) is 13.9 Å². The number of benzene rings is 3. The Balaban J connectivity index is 2.05. The summed E-state index contributed by atoms with van der Waals surface area (Å²) in [7, 11) is -4.24. The van der Waals surface area contributed by atoms with Crippen molar-refractivity contribution in [3.8, 4) is 0 Å². The highest BCUT2D eigenvalue weighted by molar-refractivity contribution is 7.92. The molecule has 7 nitrogen and oxygen atoms in total. The van der Waals surface area contributed by atoms with Crippen LogP contribution in [0.5, 0.6) is 0 Å². The van der Waals surface area contributed by atoms with Crippen molar-refractivity contribution in [2.75, 3.05) is 17.4 Å². The summed E-state index contributed by atoms with van der Waals surface area (Å²) in [6.07, 6.45) is 1.72. The maximum absolute atomic E-state index is 14.0. The Kier molecular flexibility index (Phi) is 11.0. The Hall–Kier alpha value is -3.07. The van der Waals surface area contributed by atoms with Crippen LogP contribution in [0.2, 0.25) is 10.0 Å². The van der Waals surface area contributed by atoms with Gasteiger partial charge >= 0.3 is 0 Å². The molecule has 1 N–H and O–H groups in total. The molecule has 40 heavy (non-hydrogen) atoms. The Labute approximate surface area is 247 Å². The van der Waals surface area contributed by atoms with Gasteiger partial charge in [-0.1, -0.05) is 84.6 Å². The number of halogens is 2. The van der Waals surface area contributed by atoms with Gasteiger partial charge in [0, 0.05) is 13.1 Å². The van der Waals surface area contributed by atoms with Gasteiger partial charge in [-0.15, -0.1) is 0 Å². The van der Waals surface area contributed by atoms with Crippen molar-refractivity contribution in [2.24, 2.45) is 0 Å². The highest BCUT2D eigenvalue weighted by Gasteiger charge is 2.33. The fraction of sp³-hybridized carbons (Fsp3) is 0.333. The van der Waals surface area contributed by atoms with Crippen molar-refractivity contribution in [3.05, 3.63) is 93.5 Å². The van der Waals surface area contributed by atoms with Crippen molar-refractivity contribution < 1.29 is 18.0 Å². The minimum absolute atomic E-state index is 0.00208. The first-order valence-electron chi connectivity index (χ1n) is 13.1. The predicted octanol–water partition coefficient (Wildman–Crippen LogP) is 6.14. The monoisotopic (exact) mass is 603 g/mol. The summed E-state index contributed by atoms with van der Waals surface area (Å²) in [6.45, 7) is 7.45.